The van der Waals surface area contributed by atoms with E-state index in [2.05, 4.69) is 0 Å². The summed E-state index contributed by atoms with van der Waals surface area (Å²) in [6.07, 6.45) is 1.47. The zero-order valence-corrected chi connectivity index (χ0v) is 16.6. The van der Waals surface area contributed by atoms with E-state index in [0.29, 0.717) is 34.8 Å². The first-order chi connectivity index (χ1) is 14.5. The Bertz CT molecular complexity index is 1140. The second-order valence-electron chi connectivity index (χ2n) is 8.37. The van der Waals surface area contributed by atoms with Crippen LogP contribution in [0.3, 0.4) is 0 Å². The van der Waals surface area contributed by atoms with Crippen LogP contribution < -0.4 is 4.90 Å². The molecule has 6 rings (SSSR count). The molecule has 2 amide bonds. The van der Waals surface area contributed by atoms with Crippen molar-refractivity contribution in [2.45, 2.75) is 24.4 Å². The molecule has 0 radical (unpaired) electrons. The third-order valence-electron chi connectivity index (χ3n) is 7.14. The Hall–Kier alpha value is -2.83. The van der Waals surface area contributed by atoms with Gasteiger partial charge < -0.3 is 0 Å². The van der Waals surface area contributed by atoms with Gasteiger partial charge in [0.25, 0.3) is 0 Å². The minimum absolute atomic E-state index is 0.294. The molecule has 150 valence electrons. The van der Waals surface area contributed by atoms with Crippen molar-refractivity contribution in [1.29, 1.82) is 0 Å². The Labute approximate surface area is 177 Å². The molecule has 0 N–H and O–H groups in total. The molecule has 2 aromatic rings. The first-order valence-corrected chi connectivity index (χ1v) is 10.4. The average Bonchev–Trinajstić information content (AvgIpc) is 3.43. The van der Waals surface area contributed by atoms with E-state index >= 15 is 0 Å². The first-order valence-electron chi connectivity index (χ1n) is 10.1. The van der Waals surface area contributed by atoms with Crippen LogP contribution in [0.1, 0.15) is 33.6 Å². The maximum atomic E-state index is 13.7. The molecule has 3 fully saturated rings. The fraction of sp³-hybridized carbons (Fsp3) is 0.304. The molecule has 0 saturated carbocycles. The van der Waals surface area contributed by atoms with E-state index in [1.165, 1.54) is 0 Å². The van der Waals surface area contributed by atoms with Gasteiger partial charge in [-0.15, -0.1) is 0 Å². The molecule has 2 aromatic carbocycles. The quantitative estimate of drug-likeness (QED) is 0.524. The van der Waals surface area contributed by atoms with Gasteiger partial charge in [-0.25, -0.2) is 4.90 Å². The van der Waals surface area contributed by atoms with Crippen molar-refractivity contribution in [3.63, 3.8) is 0 Å². The number of rotatable bonds is 1. The molecule has 3 atom stereocenters. The molecular formula is C23H17ClN2O4. The van der Waals surface area contributed by atoms with E-state index in [4.69, 9.17) is 11.6 Å². The normalized spacial score (nSPS) is 29.1. The number of carbonyl (C=O) groups excluding carboxylic acids is 4. The number of hydrogen-bond acceptors (Lipinski definition) is 5. The largest absolute Gasteiger partial charge is 0.291 e. The highest BCUT2D eigenvalue weighted by Gasteiger charge is 2.76. The summed E-state index contributed by atoms with van der Waals surface area (Å²) < 4.78 is 0. The summed E-state index contributed by atoms with van der Waals surface area (Å²) in [4.78, 5) is 57.6. The van der Waals surface area contributed by atoms with Gasteiger partial charge in [-0.3, -0.25) is 24.1 Å². The summed E-state index contributed by atoms with van der Waals surface area (Å²) in [5, 5.41) is 0.405. The van der Waals surface area contributed by atoms with E-state index in [0.717, 1.165) is 11.3 Å². The molecule has 0 bridgehead atoms. The van der Waals surface area contributed by atoms with E-state index in [1.54, 1.807) is 48.5 Å². The number of fused-ring (bicyclic) bond motifs is 6. The van der Waals surface area contributed by atoms with Crippen molar-refractivity contribution in [2.24, 2.45) is 11.8 Å². The van der Waals surface area contributed by atoms with Crippen LogP contribution in [0.2, 0.25) is 5.02 Å². The number of Topliss-reactive ketones (excluding diaryl/α,β-unsaturated/α-hetero) is 2. The Balaban J connectivity index is 1.55. The van der Waals surface area contributed by atoms with Crippen molar-refractivity contribution < 1.29 is 19.2 Å². The average molecular weight is 421 g/mol. The molecule has 30 heavy (non-hydrogen) atoms. The summed E-state index contributed by atoms with van der Waals surface area (Å²) in [5.74, 6) is -3.26. The molecule has 1 aliphatic carbocycles. The zero-order valence-electron chi connectivity index (χ0n) is 15.9. The van der Waals surface area contributed by atoms with Crippen LogP contribution in [-0.4, -0.2) is 46.4 Å². The molecule has 7 heteroatoms. The molecule has 6 nitrogen and oxygen atoms in total. The number of nitrogens with zero attached hydrogens (tertiary/aromatic N) is 2. The molecule has 3 saturated heterocycles. The van der Waals surface area contributed by atoms with Gasteiger partial charge in [0.15, 0.2) is 17.1 Å². The van der Waals surface area contributed by atoms with Crippen molar-refractivity contribution in [2.75, 3.05) is 11.4 Å². The topological polar surface area (TPSA) is 74.8 Å². The van der Waals surface area contributed by atoms with E-state index in [-0.39, 0.29) is 23.5 Å². The summed E-state index contributed by atoms with van der Waals surface area (Å²) in [7, 11) is 0. The smallest absolute Gasteiger partial charge is 0.240 e. The molecule has 3 unspecified atom stereocenters. The second kappa shape index (κ2) is 5.86. The van der Waals surface area contributed by atoms with Crippen molar-refractivity contribution in [1.82, 2.24) is 4.90 Å². The van der Waals surface area contributed by atoms with Crippen LogP contribution in [0.5, 0.6) is 0 Å². The minimum Gasteiger partial charge on any atom is -0.291 e. The highest BCUT2D eigenvalue weighted by atomic mass is 35.5. The van der Waals surface area contributed by atoms with Crippen LogP contribution in [0.25, 0.3) is 0 Å². The highest BCUT2D eigenvalue weighted by Crippen LogP contribution is 2.57. The summed E-state index contributed by atoms with van der Waals surface area (Å²) >= 11 is 6.09. The van der Waals surface area contributed by atoms with E-state index < -0.39 is 23.3 Å². The lowest BCUT2D eigenvalue weighted by atomic mass is 9.76. The number of halogens is 1. The number of benzene rings is 2. The van der Waals surface area contributed by atoms with Gasteiger partial charge >= 0.3 is 0 Å². The fourth-order valence-electron chi connectivity index (χ4n) is 6.11. The van der Waals surface area contributed by atoms with Gasteiger partial charge in [0, 0.05) is 22.2 Å². The number of ketones is 2. The molecular weight excluding hydrogens is 404 g/mol. The minimum atomic E-state index is -1.62. The number of hydrogen-bond donors (Lipinski definition) is 0. The summed E-state index contributed by atoms with van der Waals surface area (Å²) in [5.41, 5.74) is -0.553. The van der Waals surface area contributed by atoms with Crippen LogP contribution in [0, 0.1) is 11.8 Å². The summed E-state index contributed by atoms with van der Waals surface area (Å²) in [6, 6.07) is 13.0. The molecule has 1 spiro atoms. The Kier molecular flexibility index (Phi) is 3.51. The van der Waals surface area contributed by atoms with Crippen molar-refractivity contribution in [3.8, 4) is 0 Å². The molecule has 4 aliphatic rings. The highest BCUT2D eigenvalue weighted by molar-refractivity contribution is 6.38. The van der Waals surface area contributed by atoms with Gasteiger partial charge in [0.05, 0.1) is 17.5 Å². The fourth-order valence-corrected chi connectivity index (χ4v) is 6.29. The molecule has 0 aromatic heterocycles. The standard InChI is InChI=1S/C23H17ClN2O4/c24-12-5-3-6-13(11-12)26-21(29)17-16-9-4-10-25(16)23(18(17)22(26)30)19(27)14-7-1-2-8-15(14)20(23)28/h1-3,5-8,11,16-18H,4,9-10H2. The molecule has 3 aliphatic heterocycles. The van der Waals surface area contributed by atoms with E-state index in [1.807, 2.05) is 4.90 Å². The van der Waals surface area contributed by atoms with Gasteiger partial charge in [-0.2, -0.15) is 0 Å². The predicted octanol–water partition coefficient (Wildman–Crippen LogP) is 2.74. The van der Waals surface area contributed by atoms with Crippen molar-refractivity contribution >= 4 is 40.7 Å². The first kappa shape index (κ1) is 18.0. The maximum absolute atomic E-state index is 13.7. The van der Waals surface area contributed by atoms with Gasteiger partial charge in [0.1, 0.15) is 0 Å². The Morgan fingerprint density at radius 3 is 2.27 bits per heavy atom. The van der Waals surface area contributed by atoms with Crippen molar-refractivity contribution in [3.05, 3.63) is 64.7 Å². The van der Waals surface area contributed by atoms with Gasteiger partial charge in [0.2, 0.25) is 11.8 Å². The van der Waals surface area contributed by atoms with Gasteiger partial charge in [-0.1, -0.05) is 41.9 Å². The van der Waals surface area contributed by atoms with E-state index in [9.17, 15) is 19.2 Å². The number of carbonyl (C=O) groups is 4. The summed E-state index contributed by atoms with van der Waals surface area (Å²) in [6.45, 7) is 0.529. The zero-order chi connectivity index (χ0) is 20.8. The number of amides is 2. The Morgan fingerprint density at radius 1 is 0.900 bits per heavy atom. The maximum Gasteiger partial charge on any atom is 0.240 e. The number of anilines is 1. The monoisotopic (exact) mass is 420 g/mol. The lowest BCUT2D eigenvalue weighted by Crippen LogP contribution is -2.59. The Morgan fingerprint density at radius 2 is 1.60 bits per heavy atom. The van der Waals surface area contributed by atoms with Gasteiger partial charge in [-0.05, 0) is 37.6 Å². The lowest BCUT2D eigenvalue weighted by Gasteiger charge is -2.35. The third-order valence-corrected chi connectivity index (χ3v) is 7.38. The number of imide groups is 1. The van der Waals surface area contributed by atoms with Crippen LogP contribution in [0.4, 0.5) is 5.69 Å². The van der Waals surface area contributed by atoms with Crippen LogP contribution in [0.15, 0.2) is 48.5 Å². The SMILES string of the molecule is O=C1C2C3CCCN3C3(C(=O)c4ccccc4C3=O)C2C(=O)N1c1cccc(Cl)c1. The van der Waals surface area contributed by atoms with Crippen LogP contribution >= 0.6 is 11.6 Å². The third kappa shape index (κ3) is 1.89. The van der Waals surface area contributed by atoms with Crippen LogP contribution in [-0.2, 0) is 9.59 Å². The second-order valence-corrected chi connectivity index (χ2v) is 8.80. The molecule has 3 heterocycles. The predicted molar refractivity (Wildman–Crippen MR) is 108 cm³/mol. The lowest BCUT2D eigenvalue weighted by molar-refractivity contribution is -0.124.